The van der Waals surface area contributed by atoms with Crippen LogP contribution >= 0.6 is 0 Å². The Hall–Kier alpha value is -3.53. The minimum atomic E-state index is -3.38. The number of aryl methyl sites for hydroxylation is 1. The molecule has 0 spiro atoms. The summed E-state index contributed by atoms with van der Waals surface area (Å²) in [6, 6.07) is 22.5. The van der Waals surface area contributed by atoms with Gasteiger partial charge >= 0.3 is 5.97 Å². The van der Waals surface area contributed by atoms with E-state index < -0.39 is 27.8 Å². The van der Waals surface area contributed by atoms with Crippen LogP contribution in [0, 0.1) is 6.92 Å². The van der Waals surface area contributed by atoms with Gasteiger partial charge in [0, 0.05) is 24.4 Å². The highest BCUT2D eigenvalue weighted by Gasteiger charge is 2.27. The Morgan fingerprint density at radius 2 is 1.50 bits per heavy atom. The number of aliphatic carboxylic acids is 1. The van der Waals surface area contributed by atoms with Gasteiger partial charge < -0.3 is 15.2 Å². The van der Waals surface area contributed by atoms with E-state index in [2.05, 4.69) is 36.2 Å². The van der Waals surface area contributed by atoms with E-state index in [1.165, 1.54) is 6.42 Å². The zero-order valence-electron chi connectivity index (χ0n) is 32.3. The van der Waals surface area contributed by atoms with E-state index in [9.17, 15) is 23.1 Å². The molecule has 280 valence electrons. The Balaban J connectivity index is 0.00000245. The monoisotopic (exact) mass is 712 g/mol. The molecule has 0 aliphatic carbocycles. The fraction of sp³-hybridized carbons (Fsp3) is 0.512. The molecule has 2 N–H and O–H groups in total. The molecule has 50 heavy (non-hydrogen) atoms. The van der Waals surface area contributed by atoms with Crippen molar-refractivity contribution < 1.29 is 27.9 Å². The summed E-state index contributed by atoms with van der Waals surface area (Å²) in [6.45, 7) is 21.1. The Kier molecular flexibility index (Phi) is 24.4. The summed E-state index contributed by atoms with van der Waals surface area (Å²) in [7, 11) is -3.38. The number of benzene rings is 3. The molecule has 0 saturated carbocycles. The van der Waals surface area contributed by atoms with Crippen LogP contribution in [0.4, 0.5) is 0 Å². The van der Waals surface area contributed by atoms with Crippen molar-refractivity contribution in [3.05, 3.63) is 95.1 Å². The van der Waals surface area contributed by atoms with Crippen molar-refractivity contribution in [1.29, 1.82) is 0 Å². The number of rotatable bonds is 13. The van der Waals surface area contributed by atoms with Crippen LogP contribution in [0.1, 0.15) is 108 Å². The molecule has 3 aromatic rings. The van der Waals surface area contributed by atoms with Gasteiger partial charge in [0.15, 0.2) is 0 Å². The third kappa shape index (κ3) is 16.9. The third-order valence-corrected chi connectivity index (χ3v) is 8.43. The Bertz CT molecular complexity index is 1480. The zero-order chi connectivity index (χ0) is 38.1. The smallest absolute Gasteiger partial charge is 0.326 e. The van der Waals surface area contributed by atoms with Gasteiger partial charge in [-0.3, -0.25) is 9.69 Å². The molecule has 1 aliphatic rings. The lowest BCUT2D eigenvalue weighted by Crippen LogP contribution is -2.42. The molecule has 0 aromatic heterocycles. The maximum atomic E-state index is 13.4. The van der Waals surface area contributed by atoms with Gasteiger partial charge in [-0.25, -0.2) is 13.2 Å². The maximum Gasteiger partial charge on any atom is 0.326 e. The van der Waals surface area contributed by atoms with Crippen LogP contribution in [0.3, 0.4) is 0 Å². The Morgan fingerprint density at radius 1 is 0.900 bits per heavy atom. The molecule has 0 bridgehead atoms. The van der Waals surface area contributed by atoms with Crippen LogP contribution < -0.4 is 5.32 Å². The van der Waals surface area contributed by atoms with Gasteiger partial charge in [0.05, 0.1) is 19.0 Å². The zero-order valence-corrected chi connectivity index (χ0v) is 33.1. The van der Waals surface area contributed by atoms with Crippen molar-refractivity contribution in [3.8, 4) is 11.1 Å². The Morgan fingerprint density at radius 3 is 2.08 bits per heavy atom. The van der Waals surface area contributed by atoms with Crippen LogP contribution in [0.5, 0.6) is 0 Å². The second-order valence-corrected chi connectivity index (χ2v) is 13.7. The molecule has 1 heterocycles. The topological polar surface area (TPSA) is 113 Å². The van der Waals surface area contributed by atoms with Gasteiger partial charge in [0.25, 0.3) is 5.91 Å². The summed E-state index contributed by atoms with van der Waals surface area (Å²) in [5, 5.41) is 12.2. The van der Waals surface area contributed by atoms with E-state index in [0.717, 1.165) is 47.9 Å². The van der Waals surface area contributed by atoms with Gasteiger partial charge in [-0.2, -0.15) is 0 Å². The van der Waals surface area contributed by atoms with Crippen molar-refractivity contribution in [2.75, 3.05) is 25.2 Å². The number of hydrogen-bond donors (Lipinski definition) is 2. The van der Waals surface area contributed by atoms with Crippen molar-refractivity contribution >= 4 is 21.7 Å². The predicted octanol–water partition coefficient (Wildman–Crippen LogP) is 8.96. The SMILES string of the molecule is CC.CC.CC.CCC.Cc1ccccc1-c1cc(CN2CCCC2COCc2ccccc2)ccc1C(=O)NC(CCS(C)(=O)=O)C(=O)O. The average Bonchev–Trinajstić information content (AvgIpc) is 3.56. The maximum absolute atomic E-state index is 13.4. The van der Waals surface area contributed by atoms with E-state index in [1.54, 1.807) is 6.07 Å². The molecule has 2 unspecified atom stereocenters. The van der Waals surface area contributed by atoms with Crippen molar-refractivity contribution in [1.82, 2.24) is 10.2 Å². The summed E-state index contributed by atoms with van der Waals surface area (Å²) in [5.41, 5.74) is 5.11. The first-order chi connectivity index (χ1) is 24.0. The molecule has 2 atom stereocenters. The molecular formula is C41H64N2O6S. The van der Waals surface area contributed by atoms with Gasteiger partial charge in [0.1, 0.15) is 15.9 Å². The van der Waals surface area contributed by atoms with Crippen molar-refractivity contribution in [2.45, 2.75) is 113 Å². The average molecular weight is 713 g/mol. The van der Waals surface area contributed by atoms with Crippen molar-refractivity contribution in [2.24, 2.45) is 0 Å². The van der Waals surface area contributed by atoms with E-state index in [4.69, 9.17) is 4.74 Å². The van der Waals surface area contributed by atoms with Crippen LogP contribution in [0.15, 0.2) is 72.8 Å². The molecule has 4 rings (SSSR count). The summed E-state index contributed by atoms with van der Waals surface area (Å²) < 4.78 is 29.2. The van der Waals surface area contributed by atoms with Crippen LogP contribution in [-0.2, 0) is 32.5 Å². The fourth-order valence-corrected chi connectivity index (χ4v) is 5.89. The molecule has 1 amide bonds. The normalized spacial score (nSPS) is 14.2. The molecule has 9 heteroatoms. The summed E-state index contributed by atoms with van der Waals surface area (Å²) in [5.74, 6) is -2.16. The van der Waals surface area contributed by atoms with Gasteiger partial charge in [0.2, 0.25) is 0 Å². The van der Waals surface area contributed by atoms with E-state index >= 15 is 0 Å². The number of carbonyl (C=O) groups is 2. The summed E-state index contributed by atoms with van der Waals surface area (Å²) >= 11 is 0. The van der Waals surface area contributed by atoms with Crippen LogP contribution in [-0.4, -0.2) is 67.5 Å². The largest absolute Gasteiger partial charge is 0.480 e. The molecule has 8 nitrogen and oxygen atoms in total. The third-order valence-electron chi connectivity index (χ3n) is 7.45. The first-order valence-electron chi connectivity index (χ1n) is 18.3. The number of carboxylic acids is 1. The molecule has 0 radical (unpaired) electrons. The lowest BCUT2D eigenvalue weighted by Gasteiger charge is -2.25. The second kappa shape index (κ2) is 26.3. The minimum Gasteiger partial charge on any atom is -0.480 e. The fourth-order valence-electron chi connectivity index (χ4n) is 5.22. The first kappa shape index (κ1) is 46.5. The van der Waals surface area contributed by atoms with E-state index in [-0.39, 0.29) is 12.2 Å². The molecule has 1 fully saturated rings. The van der Waals surface area contributed by atoms with Gasteiger partial charge in [-0.15, -0.1) is 0 Å². The number of amides is 1. The second-order valence-electron chi connectivity index (χ2n) is 11.5. The highest BCUT2D eigenvalue weighted by molar-refractivity contribution is 7.90. The van der Waals surface area contributed by atoms with Gasteiger partial charge in [-0.05, 0) is 72.7 Å². The highest BCUT2D eigenvalue weighted by Crippen LogP contribution is 2.30. The number of nitrogens with zero attached hydrogens (tertiary/aromatic N) is 1. The molecular weight excluding hydrogens is 649 g/mol. The minimum absolute atomic E-state index is 0.208. The first-order valence-corrected chi connectivity index (χ1v) is 20.3. The standard InChI is InChI=1S/C32H38N2O6S.C3H8.3C2H6/c1-23-9-6-7-13-27(23)29-19-25(14-15-28(29)31(35)33-30(32(36)37)16-18-41(2,38)39)20-34-17-8-12-26(34)22-40-21-24-10-4-3-5-11-24;1-3-2;3*1-2/h3-7,9-11,13-15,19,26,30H,8,12,16-18,20-22H2,1-2H3,(H,33,35)(H,36,37);3H2,1-2H3;3*1-2H3. The van der Waals surface area contributed by atoms with Gasteiger partial charge in [-0.1, -0.05) is 122 Å². The summed E-state index contributed by atoms with van der Waals surface area (Å²) in [6.07, 6.45) is 4.24. The van der Waals surface area contributed by atoms with Crippen LogP contribution in [0.25, 0.3) is 11.1 Å². The predicted molar refractivity (Wildman–Crippen MR) is 209 cm³/mol. The molecule has 3 aromatic carbocycles. The summed E-state index contributed by atoms with van der Waals surface area (Å²) in [4.78, 5) is 27.6. The quantitative estimate of drug-likeness (QED) is 0.182. The van der Waals surface area contributed by atoms with E-state index in [0.29, 0.717) is 36.9 Å². The number of nitrogens with one attached hydrogen (secondary N) is 1. The number of carboxylic acid groups (broad SMARTS) is 1. The number of sulfone groups is 1. The highest BCUT2D eigenvalue weighted by atomic mass is 32.2. The number of carbonyl (C=O) groups excluding carboxylic acids is 1. The number of ether oxygens (including phenoxy) is 1. The molecule has 1 aliphatic heterocycles. The molecule has 1 saturated heterocycles. The number of likely N-dealkylation sites (tertiary alicyclic amines) is 1. The Labute approximate surface area is 303 Å². The lowest BCUT2D eigenvalue weighted by molar-refractivity contribution is -0.139. The number of hydrogen-bond acceptors (Lipinski definition) is 6. The van der Waals surface area contributed by atoms with E-state index in [1.807, 2.05) is 103 Å². The van der Waals surface area contributed by atoms with Crippen LogP contribution in [0.2, 0.25) is 0 Å². The lowest BCUT2D eigenvalue weighted by atomic mass is 9.93. The van der Waals surface area contributed by atoms with Crippen molar-refractivity contribution in [3.63, 3.8) is 0 Å².